The van der Waals surface area contributed by atoms with Gasteiger partial charge in [-0.3, -0.25) is 4.79 Å². The molecule has 25 heavy (non-hydrogen) atoms. The molecule has 1 amide bonds. The molecule has 0 spiro atoms. The molecule has 0 aliphatic carbocycles. The van der Waals surface area contributed by atoms with Gasteiger partial charge in [0.05, 0.1) is 6.04 Å². The Morgan fingerprint density at radius 1 is 1.24 bits per heavy atom. The highest BCUT2D eigenvalue weighted by atomic mass is 35.5. The first-order valence-electron chi connectivity index (χ1n) is 8.36. The van der Waals surface area contributed by atoms with Crippen LogP contribution >= 0.6 is 11.6 Å². The van der Waals surface area contributed by atoms with Gasteiger partial charge in [0.1, 0.15) is 11.4 Å². The van der Waals surface area contributed by atoms with Gasteiger partial charge in [-0.05, 0) is 56.2 Å². The summed E-state index contributed by atoms with van der Waals surface area (Å²) >= 11 is 5.87. The zero-order valence-electron chi connectivity index (χ0n) is 14.7. The van der Waals surface area contributed by atoms with Gasteiger partial charge >= 0.3 is 0 Å². The molecule has 0 fully saturated rings. The SMILES string of the molecule is Cc1ccc2c(c1)OC(C)(C)C[C@H]2NC(=O)/C=C/c1ccc(Cl)cc1. The molecule has 0 unspecified atom stereocenters. The quantitative estimate of drug-likeness (QED) is 0.779. The Bertz CT molecular complexity index is 809. The molecule has 1 heterocycles. The number of ether oxygens (including phenoxy) is 1. The van der Waals surface area contributed by atoms with E-state index < -0.39 is 0 Å². The van der Waals surface area contributed by atoms with Crippen molar-refractivity contribution in [2.75, 3.05) is 0 Å². The zero-order chi connectivity index (χ0) is 18.0. The van der Waals surface area contributed by atoms with Crippen LogP contribution in [0.3, 0.4) is 0 Å². The maximum atomic E-state index is 12.4. The van der Waals surface area contributed by atoms with Crippen LogP contribution in [0.4, 0.5) is 0 Å². The molecular formula is C21H22ClNO2. The van der Waals surface area contributed by atoms with Crippen LogP contribution in [0.1, 0.15) is 43.0 Å². The van der Waals surface area contributed by atoms with Gasteiger partial charge in [-0.15, -0.1) is 0 Å². The van der Waals surface area contributed by atoms with Crippen LogP contribution in [0.5, 0.6) is 5.75 Å². The first kappa shape index (κ1) is 17.6. The van der Waals surface area contributed by atoms with Crippen molar-refractivity contribution >= 4 is 23.6 Å². The average molecular weight is 356 g/mol. The topological polar surface area (TPSA) is 38.3 Å². The lowest BCUT2D eigenvalue weighted by atomic mass is 9.89. The molecule has 3 rings (SSSR count). The monoisotopic (exact) mass is 355 g/mol. The van der Waals surface area contributed by atoms with Crippen molar-refractivity contribution < 1.29 is 9.53 Å². The third-order valence-electron chi connectivity index (χ3n) is 4.24. The van der Waals surface area contributed by atoms with E-state index in [9.17, 15) is 4.79 Å². The number of aryl methyl sites for hydroxylation is 1. The third-order valence-corrected chi connectivity index (χ3v) is 4.49. The maximum absolute atomic E-state index is 12.4. The summed E-state index contributed by atoms with van der Waals surface area (Å²) in [5, 5.41) is 3.78. The van der Waals surface area contributed by atoms with Gasteiger partial charge in [0.15, 0.2) is 0 Å². The van der Waals surface area contributed by atoms with Crippen molar-refractivity contribution in [3.05, 3.63) is 70.3 Å². The number of nitrogens with one attached hydrogen (secondary N) is 1. The van der Waals surface area contributed by atoms with Crippen molar-refractivity contribution in [3.8, 4) is 5.75 Å². The first-order chi connectivity index (χ1) is 11.8. The molecule has 1 aliphatic rings. The second-order valence-corrected chi connectivity index (χ2v) is 7.49. The van der Waals surface area contributed by atoms with E-state index in [1.165, 1.54) is 0 Å². The van der Waals surface area contributed by atoms with E-state index in [1.54, 1.807) is 24.3 Å². The van der Waals surface area contributed by atoms with Gasteiger partial charge in [0.2, 0.25) is 5.91 Å². The van der Waals surface area contributed by atoms with Crippen molar-refractivity contribution in [3.63, 3.8) is 0 Å². The molecule has 3 nitrogen and oxygen atoms in total. The zero-order valence-corrected chi connectivity index (χ0v) is 15.4. The molecule has 130 valence electrons. The molecule has 0 bridgehead atoms. The predicted octanol–water partition coefficient (Wildman–Crippen LogP) is 5.08. The molecular weight excluding hydrogens is 334 g/mol. The van der Waals surface area contributed by atoms with E-state index in [-0.39, 0.29) is 17.6 Å². The molecule has 0 aromatic heterocycles. The van der Waals surface area contributed by atoms with Gasteiger partial charge in [0.25, 0.3) is 0 Å². The van der Waals surface area contributed by atoms with Crippen molar-refractivity contribution in [1.82, 2.24) is 5.32 Å². The molecule has 1 atom stereocenters. The summed E-state index contributed by atoms with van der Waals surface area (Å²) in [6, 6.07) is 13.4. The van der Waals surface area contributed by atoms with Crippen LogP contribution in [0.15, 0.2) is 48.5 Å². The van der Waals surface area contributed by atoms with Gasteiger partial charge < -0.3 is 10.1 Å². The Labute approximate surface area is 153 Å². The van der Waals surface area contributed by atoms with Gasteiger partial charge in [0, 0.05) is 23.1 Å². The number of carbonyl (C=O) groups is 1. The lowest BCUT2D eigenvalue weighted by Gasteiger charge is -2.38. The molecule has 0 radical (unpaired) electrons. The van der Waals surface area contributed by atoms with Crippen LogP contribution in [0.25, 0.3) is 6.08 Å². The average Bonchev–Trinajstić information content (AvgIpc) is 2.52. The number of halogens is 1. The molecule has 2 aromatic carbocycles. The van der Waals surface area contributed by atoms with Crippen LogP contribution in [0, 0.1) is 6.92 Å². The normalized spacial score (nSPS) is 18.5. The third kappa shape index (κ3) is 4.43. The number of amides is 1. The van der Waals surface area contributed by atoms with Crippen LogP contribution in [-0.2, 0) is 4.79 Å². The summed E-state index contributed by atoms with van der Waals surface area (Å²) in [4.78, 5) is 12.4. The minimum Gasteiger partial charge on any atom is -0.487 e. The smallest absolute Gasteiger partial charge is 0.244 e. The fraction of sp³-hybridized carbons (Fsp3) is 0.286. The van der Waals surface area contributed by atoms with Crippen LogP contribution in [0.2, 0.25) is 5.02 Å². The molecule has 1 aliphatic heterocycles. The largest absolute Gasteiger partial charge is 0.487 e. The fourth-order valence-corrected chi connectivity index (χ4v) is 3.18. The summed E-state index contributed by atoms with van der Waals surface area (Å²) < 4.78 is 6.07. The molecule has 2 aromatic rings. The Morgan fingerprint density at radius 2 is 1.96 bits per heavy atom. The maximum Gasteiger partial charge on any atom is 0.244 e. The summed E-state index contributed by atoms with van der Waals surface area (Å²) in [5.41, 5.74) is 2.78. The standard InChI is InChI=1S/C21H22ClNO2/c1-14-4-10-17-18(13-21(2,3)25-19(17)12-14)23-20(24)11-7-15-5-8-16(22)9-6-15/h4-12,18H,13H2,1-3H3,(H,23,24)/b11-7+/t18-/m1/s1. The number of fused-ring (bicyclic) bond motifs is 1. The Hall–Kier alpha value is -2.26. The van der Waals surface area contributed by atoms with Gasteiger partial charge in [-0.2, -0.15) is 0 Å². The van der Waals surface area contributed by atoms with E-state index >= 15 is 0 Å². The second-order valence-electron chi connectivity index (χ2n) is 7.05. The first-order valence-corrected chi connectivity index (χ1v) is 8.74. The Balaban J connectivity index is 1.75. The molecule has 0 saturated carbocycles. The predicted molar refractivity (Wildman–Crippen MR) is 102 cm³/mol. The van der Waals surface area contributed by atoms with E-state index in [1.807, 2.05) is 51.1 Å². The summed E-state index contributed by atoms with van der Waals surface area (Å²) in [7, 11) is 0. The van der Waals surface area contributed by atoms with Crippen molar-refractivity contribution in [2.45, 2.75) is 38.8 Å². The lowest BCUT2D eigenvalue weighted by Crippen LogP contribution is -2.40. The number of carbonyl (C=O) groups excluding carboxylic acids is 1. The second kappa shape index (κ2) is 6.93. The number of benzene rings is 2. The molecule has 0 saturated heterocycles. The number of rotatable bonds is 3. The lowest BCUT2D eigenvalue weighted by molar-refractivity contribution is -0.117. The molecule has 4 heteroatoms. The van der Waals surface area contributed by atoms with Crippen molar-refractivity contribution in [2.24, 2.45) is 0 Å². The van der Waals surface area contributed by atoms with E-state index in [0.717, 1.165) is 28.9 Å². The number of hydrogen-bond donors (Lipinski definition) is 1. The summed E-state index contributed by atoms with van der Waals surface area (Å²) in [5.74, 6) is 0.729. The summed E-state index contributed by atoms with van der Waals surface area (Å²) in [6.45, 7) is 6.12. The van der Waals surface area contributed by atoms with Gasteiger partial charge in [-0.25, -0.2) is 0 Å². The van der Waals surface area contributed by atoms with Crippen LogP contribution < -0.4 is 10.1 Å². The highest BCUT2D eigenvalue weighted by molar-refractivity contribution is 6.30. The number of hydrogen-bond acceptors (Lipinski definition) is 2. The minimum absolute atomic E-state index is 0.0679. The van der Waals surface area contributed by atoms with E-state index in [0.29, 0.717) is 5.02 Å². The van der Waals surface area contributed by atoms with Crippen molar-refractivity contribution in [1.29, 1.82) is 0 Å². The Kier molecular flexibility index (Phi) is 4.87. The van der Waals surface area contributed by atoms with Gasteiger partial charge in [-0.1, -0.05) is 35.9 Å². The highest BCUT2D eigenvalue weighted by Gasteiger charge is 2.34. The van der Waals surface area contributed by atoms with Crippen LogP contribution in [-0.4, -0.2) is 11.5 Å². The Morgan fingerprint density at radius 3 is 2.68 bits per heavy atom. The molecule has 1 N–H and O–H groups in total. The fourth-order valence-electron chi connectivity index (χ4n) is 3.05. The summed E-state index contributed by atoms with van der Waals surface area (Å²) in [6.07, 6.45) is 4.06. The van der Waals surface area contributed by atoms with E-state index in [2.05, 4.69) is 5.32 Å². The van der Waals surface area contributed by atoms with E-state index in [4.69, 9.17) is 16.3 Å². The highest BCUT2D eigenvalue weighted by Crippen LogP contribution is 2.39. The minimum atomic E-state index is -0.321.